The summed E-state index contributed by atoms with van der Waals surface area (Å²) >= 11 is 0. The van der Waals surface area contributed by atoms with E-state index in [9.17, 15) is 92.7 Å². The molecule has 0 fully saturated rings. The SMILES string of the molecule is CCN(CC(O)C(O)C(O)C(O)CO)c1nc(NCCS(=O)(=O)[O-])nc(Nc2ccc(/C=C/c3ccc(Nc4nc(NCCS(=O)(=O)[O-])nc(N(CC)CC(O)C(O)C(O)C(O)CO)n4)cc3S(=O)(=O)[O-])c(S(=O)(=O)[O-])c2)n1.[K+].[K+].[K+].[K+]. The van der Waals surface area contributed by atoms with Crippen molar-refractivity contribution in [2.45, 2.75) is 72.5 Å². The summed E-state index contributed by atoms with van der Waals surface area (Å²) in [5.41, 5.74) is -1.12. The molecule has 8 atom stereocenters. The van der Waals surface area contributed by atoms with Crippen LogP contribution in [0.5, 0.6) is 0 Å². The van der Waals surface area contributed by atoms with Gasteiger partial charge in [0.2, 0.25) is 35.7 Å². The van der Waals surface area contributed by atoms with Gasteiger partial charge in [0.05, 0.1) is 54.7 Å². The molecule has 34 nitrogen and oxygen atoms in total. The molecular formula is C40H56K4N12O22S4. The molecule has 0 spiro atoms. The molecule has 0 aliphatic heterocycles. The fourth-order valence-electron chi connectivity index (χ4n) is 6.73. The van der Waals surface area contributed by atoms with Crippen molar-refractivity contribution >= 4 is 99.7 Å². The first kappa shape index (κ1) is 82.8. The van der Waals surface area contributed by atoms with Gasteiger partial charge in [-0.15, -0.1) is 0 Å². The Bertz CT molecular complexity index is 2970. The number of rotatable bonds is 32. The molecule has 0 aliphatic rings. The van der Waals surface area contributed by atoms with Crippen LogP contribution in [0.4, 0.5) is 47.1 Å². The number of benzene rings is 2. The van der Waals surface area contributed by atoms with Gasteiger partial charge in [-0.2, -0.15) is 29.9 Å². The molecule has 2 aromatic carbocycles. The maximum atomic E-state index is 12.7. The maximum Gasteiger partial charge on any atom is 1.00 e. The van der Waals surface area contributed by atoms with Gasteiger partial charge >= 0.3 is 206 Å². The van der Waals surface area contributed by atoms with E-state index in [1.807, 2.05) is 0 Å². The first-order valence-corrected chi connectivity index (χ1v) is 28.7. The van der Waals surface area contributed by atoms with Crippen molar-refractivity contribution in [2.24, 2.45) is 0 Å². The van der Waals surface area contributed by atoms with E-state index in [0.29, 0.717) is 0 Å². The maximum absolute atomic E-state index is 12.7. The topological polar surface area (TPSA) is 563 Å². The Morgan fingerprint density at radius 1 is 0.488 bits per heavy atom. The minimum absolute atomic E-state index is 0. The Morgan fingerprint density at radius 2 is 0.793 bits per heavy atom. The van der Waals surface area contributed by atoms with Gasteiger partial charge in [-0.1, -0.05) is 24.3 Å². The normalized spacial score (nSPS) is 14.9. The number of likely N-dealkylation sites (N-methyl/N-ethyl adjacent to an activating group) is 2. The molecule has 82 heavy (non-hydrogen) atoms. The molecule has 14 N–H and O–H groups in total. The summed E-state index contributed by atoms with van der Waals surface area (Å²) in [4.78, 5) is 25.3. The largest absolute Gasteiger partial charge is 1.00 e. The average Bonchev–Trinajstić information content (AvgIpc) is 3.36. The molecule has 0 saturated heterocycles. The second kappa shape index (κ2) is 37.8. The predicted octanol–water partition coefficient (Wildman–Crippen LogP) is -18.0. The number of aliphatic hydroxyl groups is 10. The van der Waals surface area contributed by atoms with Crippen LogP contribution in [0.2, 0.25) is 0 Å². The minimum Gasteiger partial charge on any atom is -0.748 e. The van der Waals surface area contributed by atoms with Crippen molar-refractivity contribution in [3.63, 3.8) is 0 Å². The van der Waals surface area contributed by atoms with Crippen LogP contribution in [0.15, 0.2) is 46.2 Å². The molecule has 0 saturated carbocycles. The second-order valence-electron chi connectivity index (χ2n) is 16.6. The fourth-order valence-corrected chi connectivity index (χ4v) is 8.82. The van der Waals surface area contributed by atoms with Crippen molar-refractivity contribution in [3.05, 3.63) is 47.5 Å². The molecule has 4 aromatic rings. The summed E-state index contributed by atoms with van der Waals surface area (Å²) in [5, 5.41) is 110. The molecule has 0 bridgehead atoms. The number of nitrogens with one attached hydrogen (secondary N) is 4. The fraction of sp³-hybridized carbons (Fsp3) is 0.500. The summed E-state index contributed by atoms with van der Waals surface area (Å²) < 4.78 is 144. The van der Waals surface area contributed by atoms with Gasteiger partial charge in [0.15, 0.2) is 0 Å². The van der Waals surface area contributed by atoms with Crippen molar-refractivity contribution < 1.29 is 308 Å². The van der Waals surface area contributed by atoms with Crippen LogP contribution in [-0.2, 0) is 40.5 Å². The number of anilines is 8. The van der Waals surface area contributed by atoms with Gasteiger partial charge < -0.3 is 100 Å². The number of hydrogen-bond acceptors (Lipinski definition) is 34. The van der Waals surface area contributed by atoms with E-state index in [-0.39, 0.29) is 253 Å². The van der Waals surface area contributed by atoms with E-state index in [2.05, 4.69) is 51.2 Å². The molecule has 42 heteroatoms. The van der Waals surface area contributed by atoms with E-state index in [4.69, 9.17) is 10.2 Å². The molecule has 0 radical (unpaired) electrons. The number of nitrogens with zero attached hydrogens (tertiary/aromatic N) is 8. The van der Waals surface area contributed by atoms with Crippen LogP contribution < -0.4 is 237 Å². The van der Waals surface area contributed by atoms with Crippen LogP contribution in [0, 0.1) is 0 Å². The van der Waals surface area contributed by atoms with Crippen LogP contribution >= 0.6 is 0 Å². The third kappa shape index (κ3) is 27.1. The first-order valence-electron chi connectivity index (χ1n) is 22.7. The van der Waals surface area contributed by atoms with Crippen molar-refractivity contribution in [1.29, 1.82) is 0 Å². The Kier molecular flexibility index (Phi) is 38.2. The Morgan fingerprint density at radius 3 is 1.07 bits per heavy atom. The Labute approximate surface area is 641 Å². The molecule has 8 unspecified atom stereocenters. The zero-order valence-corrected chi connectivity index (χ0v) is 60.6. The van der Waals surface area contributed by atoms with E-state index >= 15 is 0 Å². The molecule has 436 valence electrons. The summed E-state index contributed by atoms with van der Waals surface area (Å²) in [6.07, 6.45) is -13.4. The smallest absolute Gasteiger partial charge is 0.748 e. The average molecular weight is 1340 g/mol. The van der Waals surface area contributed by atoms with Crippen molar-refractivity contribution in [2.75, 3.05) is 95.1 Å². The van der Waals surface area contributed by atoms with E-state index in [1.165, 1.54) is 35.8 Å². The van der Waals surface area contributed by atoms with Gasteiger partial charge in [-0.25, -0.2) is 33.7 Å². The first-order chi connectivity index (χ1) is 36.3. The van der Waals surface area contributed by atoms with Crippen molar-refractivity contribution in [3.8, 4) is 0 Å². The molecule has 4 rings (SSSR count). The van der Waals surface area contributed by atoms with Crippen molar-refractivity contribution in [1.82, 2.24) is 29.9 Å². The molecule has 2 heterocycles. The van der Waals surface area contributed by atoms with Crippen LogP contribution in [-0.4, -0.2) is 246 Å². The third-order valence-electron chi connectivity index (χ3n) is 10.8. The van der Waals surface area contributed by atoms with E-state index < -0.39 is 174 Å². The second-order valence-corrected chi connectivity index (χ2v) is 22.4. The molecular weight excluding hydrogens is 1290 g/mol. The monoisotopic (exact) mass is 1340 g/mol. The summed E-state index contributed by atoms with van der Waals surface area (Å²) in [6, 6.07) is 6.15. The van der Waals surface area contributed by atoms with Gasteiger partial charge in [0, 0.05) is 50.6 Å². The Hall–Kier alpha value is 0.785. The summed E-state index contributed by atoms with van der Waals surface area (Å²) in [5.74, 6) is -4.15. The molecule has 2 aromatic heterocycles. The van der Waals surface area contributed by atoms with Crippen LogP contribution in [0.25, 0.3) is 12.2 Å². The van der Waals surface area contributed by atoms with E-state index in [0.717, 1.165) is 36.4 Å². The quantitative estimate of drug-likeness (QED) is 0.0123. The number of aliphatic hydroxyl groups excluding tert-OH is 10. The number of hydrogen-bond donors (Lipinski definition) is 14. The van der Waals surface area contributed by atoms with Gasteiger partial charge in [-0.05, 0) is 49.2 Å². The minimum atomic E-state index is -5.40. The molecule has 0 amide bonds. The van der Waals surface area contributed by atoms with Gasteiger partial charge in [0.25, 0.3) is 0 Å². The standard InChI is InChI=1S/C40H60N12O22S4.4K/c1-3-51(17-25(55)31(59)33(61)27(57)19-53)39-47-35(41-11-13-75(63,64)65)45-37(49-39)43-23-9-7-21(29(15-23)77(69,70)71)5-6-22-8-10-24(16-30(22)78(72,73)74)44-38-46-36(42-12-14-76(66,67)68)48-40(50-38)52(4-2)18-26(56)32(60)34(62)28(58)20-54;;;;/h5-10,15-16,25-28,31-34,53-62H,3-4,11-14,17-20H2,1-2H3,(H,63,64,65)(H,66,67,68)(H,69,70,71)(H,72,73,74)(H2,41,43,45,47,49)(H2,42,44,46,48,50);;;;/q;4*+1/p-4/b6-5+;;;;. The summed E-state index contributed by atoms with van der Waals surface area (Å²) in [6.45, 7) is -1.10. The summed E-state index contributed by atoms with van der Waals surface area (Å²) in [7, 11) is -20.3. The van der Waals surface area contributed by atoms with Crippen LogP contribution in [0.3, 0.4) is 0 Å². The third-order valence-corrected chi connectivity index (χ3v) is 14.0. The van der Waals surface area contributed by atoms with Crippen LogP contribution in [0.1, 0.15) is 25.0 Å². The van der Waals surface area contributed by atoms with E-state index in [1.54, 1.807) is 0 Å². The molecule has 0 aliphatic carbocycles. The van der Waals surface area contributed by atoms with Gasteiger partial charge in [0.1, 0.15) is 69.1 Å². The zero-order valence-electron chi connectivity index (χ0n) is 44.9. The van der Waals surface area contributed by atoms with Gasteiger partial charge in [-0.3, -0.25) is 0 Å². The zero-order chi connectivity index (χ0) is 58.5. The predicted molar refractivity (Wildman–Crippen MR) is 268 cm³/mol. The number of aromatic nitrogens is 6. The Balaban J connectivity index is 0.0000164.